The molecule has 0 aliphatic rings. The Labute approximate surface area is 184 Å². The van der Waals surface area contributed by atoms with Crippen molar-refractivity contribution in [2.75, 3.05) is 14.2 Å². The number of pyridine rings is 1. The summed E-state index contributed by atoms with van der Waals surface area (Å²) in [4.78, 5) is 18.8. The highest BCUT2D eigenvalue weighted by Crippen LogP contribution is 2.34. The molecule has 4 aromatic rings. The zero-order valence-corrected chi connectivity index (χ0v) is 18.2. The Morgan fingerprint density at radius 3 is 2.68 bits per heavy atom. The second-order valence-electron chi connectivity index (χ2n) is 6.81. The first-order valence-corrected chi connectivity index (χ1v) is 10.5. The summed E-state index contributed by atoms with van der Waals surface area (Å²) in [6.07, 6.45) is 1.66. The van der Waals surface area contributed by atoms with Gasteiger partial charge in [0.25, 0.3) is 5.91 Å². The van der Waals surface area contributed by atoms with Crippen LogP contribution in [0.15, 0.2) is 65.1 Å². The van der Waals surface area contributed by atoms with Crippen molar-refractivity contribution in [2.24, 2.45) is 5.10 Å². The second kappa shape index (κ2) is 8.97. The van der Waals surface area contributed by atoms with E-state index in [0.717, 1.165) is 21.4 Å². The molecule has 0 unspecified atom stereocenters. The first-order chi connectivity index (χ1) is 15.1. The fraction of sp³-hybridized carbons (Fsp3) is 0.125. The van der Waals surface area contributed by atoms with Gasteiger partial charge in [0, 0.05) is 21.9 Å². The van der Waals surface area contributed by atoms with Crippen LogP contribution in [-0.4, -0.2) is 31.3 Å². The summed E-state index contributed by atoms with van der Waals surface area (Å²) < 4.78 is 10.8. The number of thiophene rings is 1. The number of methoxy groups -OCH3 is 2. The van der Waals surface area contributed by atoms with Gasteiger partial charge in [-0.1, -0.05) is 18.2 Å². The van der Waals surface area contributed by atoms with Crippen molar-refractivity contribution in [3.8, 4) is 22.8 Å². The highest BCUT2D eigenvalue weighted by atomic mass is 32.1. The number of carbonyl (C=O) groups excluding carboxylic acids is 1. The first kappa shape index (κ1) is 20.6. The summed E-state index contributed by atoms with van der Waals surface area (Å²) in [7, 11) is 3.19. The lowest BCUT2D eigenvalue weighted by Crippen LogP contribution is -2.18. The number of nitrogens with zero attached hydrogens (tertiary/aromatic N) is 2. The first-order valence-electron chi connectivity index (χ1n) is 9.60. The van der Waals surface area contributed by atoms with Crippen LogP contribution >= 0.6 is 11.3 Å². The quantitative estimate of drug-likeness (QED) is 0.342. The fourth-order valence-corrected chi connectivity index (χ4v) is 4.02. The van der Waals surface area contributed by atoms with Crippen LogP contribution in [0.4, 0.5) is 0 Å². The lowest BCUT2D eigenvalue weighted by molar-refractivity contribution is 0.0956. The van der Waals surface area contributed by atoms with Gasteiger partial charge in [-0.3, -0.25) is 4.79 Å². The molecule has 1 amide bonds. The molecule has 0 radical (unpaired) electrons. The van der Waals surface area contributed by atoms with Gasteiger partial charge in [-0.25, -0.2) is 10.4 Å². The SMILES string of the molecule is COc1ccc(-c2cc(C(=O)N/N=C/c3sccc3C)c3ccccc3n2)c(OC)c1. The number of hydrogen-bond acceptors (Lipinski definition) is 6. The van der Waals surface area contributed by atoms with Crippen molar-refractivity contribution in [1.29, 1.82) is 0 Å². The van der Waals surface area contributed by atoms with Gasteiger partial charge < -0.3 is 9.47 Å². The van der Waals surface area contributed by atoms with Crippen LogP contribution < -0.4 is 14.9 Å². The zero-order valence-electron chi connectivity index (χ0n) is 17.4. The molecule has 156 valence electrons. The number of para-hydroxylation sites is 1. The van der Waals surface area contributed by atoms with E-state index in [1.165, 1.54) is 0 Å². The van der Waals surface area contributed by atoms with Crippen molar-refractivity contribution >= 4 is 34.4 Å². The average Bonchev–Trinajstić information content (AvgIpc) is 3.22. The van der Waals surface area contributed by atoms with E-state index >= 15 is 0 Å². The molecule has 0 atom stereocenters. The highest BCUT2D eigenvalue weighted by molar-refractivity contribution is 7.11. The van der Waals surface area contributed by atoms with Crippen LogP contribution in [0.2, 0.25) is 0 Å². The topological polar surface area (TPSA) is 72.8 Å². The number of aryl methyl sites for hydroxylation is 1. The Morgan fingerprint density at radius 1 is 1.10 bits per heavy atom. The van der Waals surface area contributed by atoms with Gasteiger partial charge in [0.2, 0.25) is 0 Å². The summed E-state index contributed by atoms with van der Waals surface area (Å²) >= 11 is 1.57. The molecule has 31 heavy (non-hydrogen) atoms. The molecule has 2 heterocycles. The van der Waals surface area contributed by atoms with E-state index in [9.17, 15) is 4.79 Å². The van der Waals surface area contributed by atoms with Crippen LogP contribution in [0.25, 0.3) is 22.2 Å². The summed E-state index contributed by atoms with van der Waals surface area (Å²) in [6, 6.07) is 16.8. The number of nitrogens with one attached hydrogen (secondary N) is 1. The van der Waals surface area contributed by atoms with E-state index in [2.05, 4.69) is 10.5 Å². The minimum absolute atomic E-state index is 0.308. The van der Waals surface area contributed by atoms with Crippen LogP contribution in [0.1, 0.15) is 20.8 Å². The van der Waals surface area contributed by atoms with E-state index in [0.29, 0.717) is 28.3 Å². The number of ether oxygens (including phenoxy) is 2. The maximum atomic E-state index is 13.0. The van der Waals surface area contributed by atoms with E-state index in [-0.39, 0.29) is 5.91 Å². The predicted octanol–water partition coefficient (Wildman–Crippen LogP) is 5.05. The largest absolute Gasteiger partial charge is 0.497 e. The Hall–Kier alpha value is -3.71. The number of rotatable bonds is 6. The monoisotopic (exact) mass is 431 g/mol. The highest BCUT2D eigenvalue weighted by Gasteiger charge is 2.16. The molecule has 1 N–H and O–H groups in total. The zero-order chi connectivity index (χ0) is 21.8. The number of amides is 1. The minimum Gasteiger partial charge on any atom is -0.497 e. The standard InChI is InChI=1S/C24H21N3O3S/c1-15-10-11-31-23(15)14-25-27-24(28)19-13-21(26-20-7-5-4-6-17(19)20)18-9-8-16(29-2)12-22(18)30-3/h4-14H,1-3H3,(H,27,28)/b25-14+. The van der Waals surface area contributed by atoms with E-state index in [4.69, 9.17) is 14.5 Å². The van der Waals surface area contributed by atoms with Gasteiger partial charge in [-0.15, -0.1) is 11.3 Å². The molecule has 0 spiro atoms. The summed E-state index contributed by atoms with van der Waals surface area (Å²) in [5.74, 6) is 0.982. The smallest absolute Gasteiger partial charge is 0.272 e. The fourth-order valence-electron chi connectivity index (χ4n) is 3.24. The van der Waals surface area contributed by atoms with Crippen molar-refractivity contribution in [1.82, 2.24) is 10.4 Å². The molecular weight excluding hydrogens is 410 g/mol. The average molecular weight is 432 g/mol. The third-order valence-electron chi connectivity index (χ3n) is 4.90. The molecule has 0 aliphatic carbocycles. The van der Waals surface area contributed by atoms with Crippen molar-refractivity contribution in [3.63, 3.8) is 0 Å². The molecule has 0 saturated heterocycles. The van der Waals surface area contributed by atoms with Gasteiger partial charge in [0.15, 0.2) is 0 Å². The molecule has 0 fully saturated rings. The van der Waals surface area contributed by atoms with E-state index < -0.39 is 0 Å². The molecule has 0 bridgehead atoms. The molecule has 4 rings (SSSR count). The van der Waals surface area contributed by atoms with Gasteiger partial charge in [-0.05, 0) is 48.2 Å². The van der Waals surface area contributed by atoms with Crippen LogP contribution in [0.3, 0.4) is 0 Å². The Balaban J connectivity index is 1.74. The Kier molecular flexibility index (Phi) is 5.95. The number of benzene rings is 2. The molecule has 2 aromatic heterocycles. The van der Waals surface area contributed by atoms with Gasteiger partial charge in [0.1, 0.15) is 11.5 Å². The van der Waals surface area contributed by atoms with Crippen molar-refractivity contribution < 1.29 is 14.3 Å². The lowest BCUT2D eigenvalue weighted by Gasteiger charge is -2.12. The molecule has 0 aliphatic heterocycles. The Morgan fingerprint density at radius 2 is 1.94 bits per heavy atom. The second-order valence-corrected chi connectivity index (χ2v) is 7.75. The number of carbonyl (C=O) groups is 1. The maximum absolute atomic E-state index is 13.0. The molecular formula is C24H21N3O3S. The van der Waals surface area contributed by atoms with Crippen LogP contribution in [-0.2, 0) is 0 Å². The van der Waals surface area contributed by atoms with Gasteiger partial charge >= 0.3 is 0 Å². The molecule has 2 aromatic carbocycles. The minimum atomic E-state index is -0.308. The van der Waals surface area contributed by atoms with Crippen molar-refractivity contribution in [2.45, 2.75) is 6.92 Å². The van der Waals surface area contributed by atoms with Crippen molar-refractivity contribution in [3.05, 3.63) is 76.0 Å². The number of hydrazone groups is 1. The summed E-state index contributed by atoms with van der Waals surface area (Å²) in [5.41, 5.74) is 6.34. The Bertz CT molecular complexity index is 1280. The summed E-state index contributed by atoms with van der Waals surface area (Å²) in [6.45, 7) is 2.00. The van der Waals surface area contributed by atoms with Gasteiger partial charge in [-0.2, -0.15) is 5.10 Å². The molecule has 0 saturated carbocycles. The molecule has 6 nitrogen and oxygen atoms in total. The number of hydrogen-bond donors (Lipinski definition) is 1. The van der Waals surface area contributed by atoms with Crippen LogP contribution in [0.5, 0.6) is 11.5 Å². The third kappa shape index (κ3) is 4.27. The van der Waals surface area contributed by atoms with Crippen LogP contribution in [0, 0.1) is 6.92 Å². The van der Waals surface area contributed by atoms with Gasteiger partial charge in [0.05, 0.1) is 37.2 Å². The lowest BCUT2D eigenvalue weighted by atomic mass is 10.0. The normalized spacial score (nSPS) is 11.1. The predicted molar refractivity (Wildman–Crippen MR) is 124 cm³/mol. The third-order valence-corrected chi connectivity index (χ3v) is 5.85. The van der Waals surface area contributed by atoms with E-state index in [1.54, 1.807) is 43.9 Å². The number of aromatic nitrogens is 1. The summed E-state index contributed by atoms with van der Waals surface area (Å²) in [5, 5.41) is 6.88. The molecule has 7 heteroatoms. The maximum Gasteiger partial charge on any atom is 0.272 e. The van der Waals surface area contributed by atoms with E-state index in [1.807, 2.05) is 54.8 Å². The number of fused-ring (bicyclic) bond motifs is 1.